The molecule has 21 heavy (non-hydrogen) atoms. The predicted molar refractivity (Wildman–Crippen MR) is 84.4 cm³/mol. The first-order chi connectivity index (χ1) is 10.0. The molecule has 0 aliphatic carbocycles. The molecule has 6 nitrogen and oxygen atoms in total. The topological polar surface area (TPSA) is 94.1 Å². The fraction of sp³-hybridized carbons (Fsp3) is 0.400. The van der Waals surface area contributed by atoms with Crippen LogP contribution in [0.1, 0.15) is 26.7 Å². The van der Waals surface area contributed by atoms with Gasteiger partial charge in [0.2, 0.25) is 0 Å². The van der Waals surface area contributed by atoms with Gasteiger partial charge in [0.05, 0.1) is 4.92 Å². The number of nitro benzene ring substituents is 1. The van der Waals surface area contributed by atoms with Crippen LogP contribution >= 0.6 is 0 Å². The van der Waals surface area contributed by atoms with Crippen molar-refractivity contribution >= 4 is 22.3 Å². The lowest BCUT2D eigenvalue weighted by atomic mass is 9.94. The molecule has 2 rings (SSSR count). The molecule has 1 aromatic carbocycles. The Bertz CT molecular complexity index is 653. The highest BCUT2D eigenvalue weighted by Crippen LogP contribution is 2.30. The average Bonchev–Trinajstić information content (AvgIpc) is 2.52. The van der Waals surface area contributed by atoms with E-state index >= 15 is 0 Å². The van der Waals surface area contributed by atoms with E-state index in [1.165, 1.54) is 6.07 Å². The number of hydrogen-bond donors (Lipinski definition) is 2. The molecule has 0 amide bonds. The summed E-state index contributed by atoms with van der Waals surface area (Å²) in [6, 6.07) is 6.79. The third-order valence-corrected chi connectivity index (χ3v) is 3.98. The van der Waals surface area contributed by atoms with Gasteiger partial charge in [-0.3, -0.25) is 10.1 Å². The molecule has 3 N–H and O–H groups in total. The largest absolute Gasteiger partial charge is 0.383 e. The smallest absolute Gasteiger partial charge is 0.295 e. The van der Waals surface area contributed by atoms with Crippen molar-refractivity contribution in [1.82, 2.24) is 4.98 Å². The first kappa shape index (κ1) is 15.2. The summed E-state index contributed by atoms with van der Waals surface area (Å²) in [4.78, 5) is 14.8. The maximum absolute atomic E-state index is 11.1. The Kier molecular flexibility index (Phi) is 4.37. The Morgan fingerprint density at radius 2 is 2.05 bits per heavy atom. The van der Waals surface area contributed by atoms with E-state index in [9.17, 15) is 10.1 Å². The zero-order valence-electron chi connectivity index (χ0n) is 12.3. The molecule has 0 bridgehead atoms. The summed E-state index contributed by atoms with van der Waals surface area (Å²) in [5.74, 6) is 0. The van der Waals surface area contributed by atoms with E-state index in [4.69, 9.17) is 5.73 Å². The van der Waals surface area contributed by atoms with E-state index in [0.29, 0.717) is 12.1 Å². The number of nitrogens with zero attached hydrogens (tertiary/aromatic N) is 2. The van der Waals surface area contributed by atoms with Gasteiger partial charge >= 0.3 is 0 Å². The number of non-ortho nitro benzene ring substituents is 1. The molecular weight excluding hydrogens is 268 g/mol. The molecule has 0 aliphatic heterocycles. The van der Waals surface area contributed by atoms with Crippen molar-refractivity contribution in [3.8, 4) is 0 Å². The Morgan fingerprint density at radius 3 is 2.67 bits per heavy atom. The van der Waals surface area contributed by atoms with Gasteiger partial charge in [0.25, 0.3) is 5.69 Å². The molecule has 1 aromatic heterocycles. The minimum Gasteiger partial charge on any atom is -0.383 e. The number of rotatable bonds is 6. The van der Waals surface area contributed by atoms with Crippen LogP contribution in [0.3, 0.4) is 0 Å². The van der Waals surface area contributed by atoms with Crippen molar-refractivity contribution in [2.75, 3.05) is 11.9 Å². The molecule has 0 saturated heterocycles. The van der Waals surface area contributed by atoms with Crippen LogP contribution in [0.4, 0.5) is 11.4 Å². The van der Waals surface area contributed by atoms with E-state index in [-0.39, 0.29) is 11.2 Å². The highest BCUT2D eigenvalue weighted by atomic mass is 16.6. The minimum atomic E-state index is -0.412. The second-order valence-corrected chi connectivity index (χ2v) is 5.21. The highest BCUT2D eigenvalue weighted by molar-refractivity contribution is 5.96. The summed E-state index contributed by atoms with van der Waals surface area (Å²) in [6.07, 6.45) is 3.28. The van der Waals surface area contributed by atoms with Crippen LogP contribution in [-0.4, -0.2) is 22.0 Å². The van der Waals surface area contributed by atoms with Crippen LogP contribution in [0.15, 0.2) is 30.5 Å². The molecule has 0 unspecified atom stereocenters. The van der Waals surface area contributed by atoms with Crippen molar-refractivity contribution in [3.63, 3.8) is 0 Å². The van der Waals surface area contributed by atoms with Crippen LogP contribution in [0, 0.1) is 10.1 Å². The van der Waals surface area contributed by atoms with Crippen LogP contribution < -0.4 is 11.1 Å². The maximum atomic E-state index is 11.1. The molecule has 0 aliphatic rings. The Balaban J connectivity index is 2.38. The number of hydrogen-bond acceptors (Lipinski definition) is 5. The molecule has 112 valence electrons. The summed E-state index contributed by atoms with van der Waals surface area (Å²) in [6.45, 7) is 4.73. The fourth-order valence-electron chi connectivity index (χ4n) is 2.23. The number of fused-ring (bicyclic) bond motifs is 1. The fourth-order valence-corrected chi connectivity index (χ4v) is 2.23. The third kappa shape index (κ3) is 3.11. The average molecular weight is 288 g/mol. The molecule has 0 spiro atoms. The van der Waals surface area contributed by atoms with Crippen molar-refractivity contribution in [3.05, 3.63) is 40.6 Å². The molecule has 0 radical (unpaired) electrons. The molecule has 1 heterocycles. The lowest BCUT2D eigenvalue weighted by Gasteiger charge is -2.27. The van der Waals surface area contributed by atoms with Crippen LogP contribution in [0.2, 0.25) is 0 Å². The summed E-state index contributed by atoms with van der Waals surface area (Å²) < 4.78 is 0. The molecule has 0 fully saturated rings. The third-order valence-electron chi connectivity index (χ3n) is 3.98. The van der Waals surface area contributed by atoms with Crippen LogP contribution in [0.5, 0.6) is 0 Å². The number of anilines is 1. The van der Waals surface area contributed by atoms with Gasteiger partial charge in [-0.05, 0) is 31.0 Å². The van der Waals surface area contributed by atoms with Gasteiger partial charge in [-0.15, -0.1) is 0 Å². The first-order valence-electron chi connectivity index (χ1n) is 7.05. The van der Waals surface area contributed by atoms with Crippen molar-refractivity contribution in [2.45, 2.75) is 32.2 Å². The van der Waals surface area contributed by atoms with E-state index < -0.39 is 4.92 Å². The number of pyridine rings is 1. The van der Waals surface area contributed by atoms with E-state index in [2.05, 4.69) is 24.1 Å². The number of nitrogens with one attached hydrogen (secondary N) is 1. The number of benzene rings is 1. The van der Waals surface area contributed by atoms with Crippen molar-refractivity contribution < 1.29 is 4.92 Å². The van der Waals surface area contributed by atoms with Gasteiger partial charge in [-0.1, -0.05) is 13.8 Å². The normalized spacial score (nSPS) is 11.6. The quantitative estimate of drug-likeness (QED) is 0.629. The lowest BCUT2D eigenvalue weighted by Crippen LogP contribution is -2.45. The van der Waals surface area contributed by atoms with Crippen LogP contribution in [-0.2, 0) is 0 Å². The summed E-state index contributed by atoms with van der Waals surface area (Å²) in [5.41, 5.74) is 7.23. The number of nitro groups is 1. The first-order valence-corrected chi connectivity index (χ1v) is 7.05. The molecule has 0 saturated carbocycles. The zero-order chi connectivity index (χ0) is 15.5. The van der Waals surface area contributed by atoms with Gasteiger partial charge in [0.1, 0.15) is 5.52 Å². The van der Waals surface area contributed by atoms with Crippen molar-refractivity contribution in [2.24, 2.45) is 5.73 Å². The molecule has 2 aromatic rings. The summed E-state index contributed by atoms with van der Waals surface area (Å²) >= 11 is 0. The van der Waals surface area contributed by atoms with Gasteiger partial charge in [0.15, 0.2) is 0 Å². The summed E-state index contributed by atoms with van der Waals surface area (Å²) in [7, 11) is 0. The standard InChI is InChI=1S/C15H20N4O2/c1-3-15(16,4-2)10-18-12-7-8-13(19(20)21)14-11(12)6-5-9-17-14/h5-9,18H,3-4,10,16H2,1-2H3. The van der Waals surface area contributed by atoms with Gasteiger partial charge < -0.3 is 11.1 Å². The molecule has 6 heteroatoms. The van der Waals surface area contributed by atoms with Gasteiger partial charge in [-0.25, -0.2) is 4.98 Å². The number of aromatic nitrogens is 1. The lowest BCUT2D eigenvalue weighted by molar-refractivity contribution is -0.383. The Hall–Kier alpha value is -2.21. The zero-order valence-corrected chi connectivity index (χ0v) is 12.3. The predicted octanol–water partition coefficient (Wildman–Crippen LogP) is 3.07. The molecule has 0 atom stereocenters. The van der Waals surface area contributed by atoms with Gasteiger partial charge in [-0.2, -0.15) is 0 Å². The van der Waals surface area contributed by atoms with Crippen molar-refractivity contribution in [1.29, 1.82) is 0 Å². The maximum Gasteiger partial charge on any atom is 0.295 e. The summed E-state index contributed by atoms with van der Waals surface area (Å²) in [5, 5.41) is 15.1. The van der Waals surface area contributed by atoms with E-state index in [0.717, 1.165) is 23.9 Å². The molecular formula is C15H20N4O2. The second-order valence-electron chi connectivity index (χ2n) is 5.21. The Morgan fingerprint density at radius 1 is 1.33 bits per heavy atom. The Labute approximate surface area is 123 Å². The van der Waals surface area contributed by atoms with E-state index in [1.807, 2.05) is 6.07 Å². The number of nitrogens with two attached hydrogens (primary N) is 1. The van der Waals surface area contributed by atoms with E-state index in [1.54, 1.807) is 18.3 Å². The highest BCUT2D eigenvalue weighted by Gasteiger charge is 2.21. The van der Waals surface area contributed by atoms with Gasteiger partial charge in [0, 0.05) is 35.4 Å². The monoisotopic (exact) mass is 288 g/mol. The SMILES string of the molecule is CCC(N)(CC)CNc1ccc([N+](=O)[O-])c2ncccc12. The van der Waals surface area contributed by atoms with Crippen LogP contribution in [0.25, 0.3) is 10.9 Å². The minimum absolute atomic E-state index is 0.0149. The second kappa shape index (κ2) is 6.05.